The van der Waals surface area contributed by atoms with E-state index >= 15 is 0 Å². The maximum atomic E-state index is 13.1. The first-order valence-corrected chi connectivity index (χ1v) is 5.86. The molecule has 0 aromatic heterocycles. The van der Waals surface area contributed by atoms with Crippen molar-refractivity contribution in [2.75, 3.05) is 7.11 Å². The van der Waals surface area contributed by atoms with Crippen LogP contribution in [-0.2, 0) is 0 Å². The van der Waals surface area contributed by atoms with Crippen LogP contribution in [0.5, 0.6) is 5.75 Å². The molecule has 0 atom stereocenters. The summed E-state index contributed by atoms with van der Waals surface area (Å²) >= 11 is 0. The summed E-state index contributed by atoms with van der Waals surface area (Å²) in [7, 11) is 1.49. The van der Waals surface area contributed by atoms with Crippen molar-refractivity contribution >= 4 is 11.4 Å². The Kier molecular flexibility index (Phi) is 4.08. The van der Waals surface area contributed by atoms with Crippen molar-refractivity contribution in [3.63, 3.8) is 0 Å². The molecule has 0 radical (unpaired) electrons. The first-order chi connectivity index (χ1) is 9.50. The van der Waals surface area contributed by atoms with Crippen molar-refractivity contribution in [1.29, 1.82) is 0 Å². The third kappa shape index (κ3) is 3.38. The average molecular weight is 279 g/mol. The van der Waals surface area contributed by atoms with Gasteiger partial charge in [-0.3, -0.25) is 0 Å². The van der Waals surface area contributed by atoms with Crippen LogP contribution in [0.25, 0.3) is 0 Å². The van der Waals surface area contributed by atoms with Crippen molar-refractivity contribution < 1.29 is 17.9 Å². The molecule has 2 aromatic rings. The van der Waals surface area contributed by atoms with Gasteiger partial charge in [-0.15, -0.1) is 0 Å². The van der Waals surface area contributed by atoms with Crippen LogP contribution in [-0.4, -0.2) is 19.0 Å². The molecule has 104 valence electrons. The number of halogens is 3. The van der Waals surface area contributed by atoms with Gasteiger partial charge in [0.2, 0.25) is 0 Å². The molecule has 0 N–H and O–H groups in total. The molecule has 0 unspecified atom stereocenters. The Balaban J connectivity index is 2.43. The molecule has 0 fully saturated rings. The van der Waals surface area contributed by atoms with Crippen LogP contribution in [0.2, 0.25) is 0 Å². The van der Waals surface area contributed by atoms with E-state index in [0.717, 1.165) is 0 Å². The molecule has 2 nitrogen and oxygen atoms in total. The van der Waals surface area contributed by atoms with Gasteiger partial charge in [-0.25, -0.2) is 4.99 Å². The quantitative estimate of drug-likeness (QED) is 0.764. The Labute approximate surface area is 114 Å². The molecule has 0 aliphatic rings. The van der Waals surface area contributed by atoms with Crippen molar-refractivity contribution in [3.8, 4) is 5.75 Å². The first kappa shape index (κ1) is 14.1. The number of hydrogen-bond donors (Lipinski definition) is 0. The van der Waals surface area contributed by atoms with Gasteiger partial charge in [0.25, 0.3) is 0 Å². The number of nitrogens with zero attached hydrogens (tertiary/aromatic N) is 1. The zero-order valence-corrected chi connectivity index (χ0v) is 10.7. The van der Waals surface area contributed by atoms with E-state index in [1.807, 2.05) is 0 Å². The number of aliphatic imine (C=N–C) groups is 1. The predicted octanol–water partition coefficient (Wildman–Crippen LogP) is 4.38. The first-order valence-electron chi connectivity index (χ1n) is 5.86. The summed E-state index contributed by atoms with van der Waals surface area (Å²) in [5, 5.41) is 0. The molecule has 0 amide bonds. The van der Waals surface area contributed by atoms with Gasteiger partial charge in [-0.1, -0.05) is 30.3 Å². The summed E-state index contributed by atoms with van der Waals surface area (Å²) in [4.78, 5) is 3.71. The molecule has 0 saturated carbocycles. The minimum atomic E-state index is -4.51. The van der Waals surface area contributed by atoms with Gasteiger partial charge in [0, 0.05) is 5.56 Å². The highest BCUT2D eigenvalue weighted by Crippen LogP contribution is 2.26. The lowest BCUT2D eigenvalue weighted by molar-refractivity contribution is -0.0579. The molecule has 0 spiro atoms. The lowest BCUT2D eigenvalue weighted by atomic mass is 10.1. The maximum absolute atomic E-state index is 13.1. The monoisotopic (exact) mass is 279 g/mol. The second kappa shape index (κ2) is 5.77. The van der Waals surface area contributed by atoms with Crippen LogP contribution in [0.1, 0.15) is 5.56 Å². The fraction of sp³-hybridized carbons (Fsp3) is 0.133. The molecule has 0 bridgehead atoms. The minimum absolute atomic E-state index is 0.0378. The van der Waals surface area contributed by atoms with Crippen LogP contribution in [0.4, 0.5) is 18.9 Å². The maximum Gasteiger partial charge on any atom is 0.433 e. The standard InChI is InChI=1S/C15H12F3NO/c1-20-13-9-7-12(8-10-13)19-14(15(16,17)18)11-5-3-2-4-6-11/h2-10H,1H3. The van der Waals surface area contributed by atoms with Gasteiger partial charge in [0.15, 0.2) is 5.71 Å². The van der Waals surface area contributed by atoms with Crippen LogP contribution >= 0.6 is 0 Å². The SMILES string of the molecule is COc1ccc(N=C(c2ccccc2)C(F)(F)F)cc1. The molecule has 2 aromatic carbocycles. The predicted molar refractivity (Wildman–Crippen MR) is 71.7 cm³/mol. The van der Waals surface area contributed by atoms with E-state index in [9.17, 15) is 13.2 Å². The number of alkyl halides is 3. The van der Waals surface area contributed by atoms with Crippen molar-refractivity contribution in [1.82, 2.24) is 0 Å². The minimum Gasteiger partial charge on any atom is -0.497 e. The topological polar surface area (TPSA) is 21.6 Å². The van der Waals surface area contributed by atoms with Gasteiger partial charge >= 0.3 is 6.18 Å². The third-order valence-electron chi connectivity index (χ3n) is 2.63. The van der Waals surface area contributed by atoms with E-state index in [2.05, 4.69) is 4.99 Å². The molecule has 0 aliphatic heterocycles. The summed E-state index contributed by atoms with van der Waals surface area (Å²) in [6.45, 7) is 0. The van der Waals surface area contributed by atoms with Gasteiger partial charge in [-0.05, 0) is 24.3 Å². The van der Waals surface area contributed by atoms with E-state index in [1.165, 1.54) is 31.4 Å². The highest BCUT2D eigenvalue weighted by atomic mass is 19.4. The Bertz CT molecular complexity index is 589. The molecular weight excluding hydrogens is 267 g/mol. The Morgan fingerprint density at radius 1 is 0.950 bits per heavy atom. The summed E-state index contributed by atoms with van der Waals surface area (Å²) in [5.74, 6) is 0.567. The largest absolute Gasteiger partial charge is 0.497 e. The van der Waals surface area contributed by atoms with E-state index in [4.69, 9.17) is 4.74 Å². The smallest absolute Gasteiger partial charge is 0.433 e. The number of benzene rings is 2. The summed E-state index contributed by atoms with van der Waals surface area (Å²) in [5.41, 5.74) is -0.652. The highest BCUT2D eigenvalue weighted by molar-refractivity contribution is 6.05. The fourth-order valence-corrected chi connectivity index (χ4v) is 1.67. The van der Waals surface area contributed by atoms with E-state index in [0.29, 0.717) is 5.75 Å². The highest BCUT2D eigenvalue weighted by Gasteiger charge is 2.36. The van der Waals surface area contributed by atoms with E-state index in [-0.39, 0.29) is 11.3 Å². The van der Waals surface area contributed by atoms with Gasteiger partial charge < -0.3 is 4.74 Å². The second-order valence-corrected chi connectivity index (χ2v) is 4.02. The summed E-state index contributed by atoms with van der Waals surface area (Å²) in [6.07, 6.45) is -4.51. The lowest BCUT2D eigenvalue weighted by Crippen LogP contribution is -2.23. The molecule has 0 heterocycles. The van der Waals surface area contributed by atoms with Crippen molar-refractivity contribution in [3.05, 3.63) is 60.2 Å². The number of hydrogen-bond acceptors (Lipinski definition) is 2. The molecule has 0 aliphatic carbocycles. The molecule has 5 heteroatoms. The molecule has 2 rings (SSSR count). The van der Waals surface area contributed by atoms with Gasteiger partial charge in [0.05, 0.1) is 12.8 Å². The van der Waals surface area contributed by atoms with Crippen molar-refractivity contribution in [2.24, 2.45) is 4.99 Å². The Morgan fingerprint density at radius 2 is 1.55 bits per heavy atom. The molecule has 20 heavy (non-hydrogen) atoms. The van der Waals surface area contributed by atoms with Crippen LogP contribution in [0, 0.1) is 0 Å². The number of methoxy groups -OCH3 is 1. The van der Waals surface area contributed by atoms with E-state index in [1.54, 1.807) is 30.3 Å². The van der Waals surface area contributed by atoms with Gasteiger partial charge in [0.1, 0.15) is 5.75 Å². The van der Waals surface area contributed by atoms with Crippen LogP contribution in [0.3, 0.4) is 0 Å². The zero-order valence-electron chi connectivity index (χ0n) is 10.7. The summed E-state index contributed by atoms with van der Waals surface area (Å²) in [6, 6.07) is 13.6. The fourth-order valence-electron chi connectivity index (χ4n) is 1.67. The zero-order chi connectivity index (χ0) is 14.6. The van der Waals surface area contributed by atoms with Crippen LogP contribution < -0.4 is 4.74 Å². The van der Waals surface area contributed by atoms with E-state index < -0.39 is 11.9 Å². The van der Waals surface area contributed by atoms with Crippen LogP contribution in [0.15, 0.2) is 59.6 Å². The summed E-state index contributed by atoms with van der Waals surface area (Å²) < 4.78 is 44.2. The average Bonchev–Trinajstić information content (AvgIpc) is 2.45. The lowest BCUT2D eigenvalue weighted by Gasteiger charge is -2.11. The molecular formula is C15H12F3NO. The number of rotatable bonds is 3. The third-order valence-corrected chi connectivity index (χ3v) is 2.63. The second-order valence-electron chi connectivity index (χ2n) is 4.02. The normalized spacial score (nSPS) is 12.3. The van der Waals surface area contributed by atoms with Crippen molar-refractivity contribution in [2.45, 2.75) is 6.18 Å². The number of ether oxygens (including phenoxy) is 1. The molecule has 0 saturated heterocycles. The Hall–Kier alpha value is -2.30. The Morgan fingerprint density at radius 3 is 2.05 bits per heavy atom. The van der Waals surface area contributed by atoms with Gasteiger partial charge in [-0.2, -0.15) is 13.2 Å².